The van der Waals surface area contributed by atoms with E-state index in [-0.39, 0.29) is 0 Å². The molecule has 4 rings (SSSR count). The summed E-state index contributed by atoms with van der Waals surface area (Å²) in [6, 6.07) is 14.5. The molecule has 0 spiro atoms. The van der Waals surface area contributed by atoms with Crippen molar-refractivity contribution in [3.8, 4) is 11.4 Å². The molecule has 0 radical (unpaired) electrons. The predicted molar refractivity (Wildman–Crippen MR) is 95.1 cm³/mol. The lowest BCUT2D eigenvalue weighted by Crippen LogP contribution is -2.47. The monoisotopic (exact) mass is 320 g/mol. The van der Waals surface area contributed by atoms with Gasteiger partial charge in [-0.25, -0.2) is 0 Å². The minimum Gasteiger partial charge on any atom is -0.368 e. The zero-order valence-electron chi connectivity index (χ0n) is 13.7. The van der Waals surface area contributed by atoms with Gasteiger partial charge in [-0.15, -0.1) is 10.2 Å². The highest BCUT2D eigenvalue weighted by atomic mass is 15.4. The van der Waals surface area contributed by atoms with Gasteiger partial charge in [0, 0.05) is 56.9 Å². The summed E-state index contributed by atoms with van der Waals surface area (Å²) in [4.78, 5) is 8.88. The van der Waals surface area contributed by atoms with Gasteiger partial charge >= 0.3 is 0 Å². The second kappa shape index (κ2) is 6.31. The maximum absolute atomic E-state index is 4.41. The van der Waals surface area contributed by atoms with Crippen molar-refractivity contribution in [2.24, 2.45) is 7.05 Å². The number of benzene rings is 1. The standard InChI is InChI=1S/C18H20N6/c1-22-17(15-6-5-9-19-14-15)20-21-18(22)24-12-10-23(11-13-24)16-7-3-2-4-8-16/h2-9,14H,10-13H2,1H3. The zero-order valence-corrected chi connectivity index (χ0v) is 13.7. The quantitative estimate of drug-likeness (QED) is 0.740. The SMILES string of the molecule is Cn1c(-c2cccnc2)nnc1N1CCN(c2ccccc2)CC1. The maximum Gasteiger partial charge on any atom is 0.227 e. The molecule has 0 amide bonds. The third-order valence-electron chi connectivity index (χ3n) is 4.46. The molecule has 1 aliphatic rings. The first-order valence-corrected chi connectivity index (χ1v) is 8.17. The molecule has 6 heteroatoms. The van der Waals surface area contributed by atoms with Crippen LogP contribution in [0.1, 0.15) is 0 Å². The van der Waals surface area contributed by atoms with Crippen molar-refractivity contribution in [1.82, 2.24) is 19.7 Å². The van der Waals surface area contributed by atoms with E-state index in [2.05, 4.69) is 59.9 Å². The Labute approximate surface area is 141 Å². The molecular weight excluding hydrogens is 300 g/mol. The average molecular weight is 320 g/mol. The summed E-state index contributed by atoms with van der Waals surface area (Å²) >= 11 is 0. The number of pyridine rings is 1. The fourth-order valence-corrected chi connectivity index (χ4v) is 3.15. The lowest BCUT2D eigenvalue weighted by Gasteiger charge is -2.36. The molecule has 3 aromatic rings. The van der Waals surface area contributed by atoms with E-state index in [4.69, 9.17) is 0 Å². The summed E-state index contributed by atoms with van der Waals surface area (Å²) in [5, 5.41) is 8.76. The zero-order chi connectivity index (χ0) is 16.4. The van der Waals surface area contributed by atoms with Crippen molar-refractivity contribution in [3.05, 3.63) is 54.9 Å². The smallest absolute Gasteiger partial charge is 0.227 e. The van der Waals surface area contributed by atoms with Gasteiger partial charge in [0.15, 0.2) is 5.82 Å². The summed E-state index contributed by atoms with van der Waals surface area (Å²) < 4.78 is 2.05. The Bertz CT molecular complexity index is 791. The number of rotatable bonds is 3. The Morgan fingerprint density at radius 2 is 1.58 bits per heavy atom. The van der Waals surface area contributed by atoms with Crippen LogP contribution in [0.25, 0.3) is 11.4 Å². The molecule has 122 valence electrons. The normalized spacial score (nSPS) is 14.9. The summed E-state index contributed by atoms with van der Waals surface area (Å²) in [5.41, 5.74) is 2.27. The van der Waals surface area contributed by atoms with Gasteiger partial charge in [-0.3, -0.25) is 9.55 Å². The highest BCUT2D eigenvalue weighted by molar-refractivity contribution is 5.56. The molecule has 24 heavy (non-hydrogen) atoms. The Morgan fingerprint density at radius 3 is 2.29 bits per heavy atom. The molecule has 0 bridgehead atoms. The van der Waals surface area contributed by atoms with Crippen LogP contribution in [0.15, 0.2) is 54.9 Å². The number of piperazine rings is 1. The average Bonchev–Trinajstić information content (AvgIpc) is 3.05. The van der Waals surface area contributed by atoms with Crippen LogP contribution in [0.5, 0.6) is 0 Å². The molecule has 1 fully saturated rings. The van der Waals surface area contributed by atoms with Crippen LogP contribution in [0.3, 0.4) is 0 Å². The summed E-state index contributed by atoms with van der Waals surface area (Å²) in [6.07, 6.45) is 3.59. The Kier molecular flexibility index (Phi) is 3.86. The Hall–Kier alpha value is -2.89. The molecule has 0 aliphatic carbocycles. The van der Waals surface area contributed by atoms with Crippen LogP contribution in [-0.4, -0.2) is 45.9 Å². The lowest BCUT2D eigenvalue weighted by molar-refractivity contribution is 0.630. The van der Waals surface area contributed by atoms with E-state index < -0.39 is 0 Å². The Balaban J connectivity index is 1.50. The lowest BCUT2D eigenvalue weighted by atomic mass is 10.2. The number of aromatic nitrogens is 4. The molecule has 0 unspecified atom stereocenters. The topological polar surface area (TPSA) is 50.1 Å². The van der Waals surface area contributed by atoms with Crippen molar-refractivity contribution in [2.45, 2.75) is 0 Å². The first-order valence-electron chi connectivity index (χ1n) is 8.17. The largest absolute Gasteiger partial charge is 0.368 e. The van der Waals surface area contributed by atoms with Gasteiger partial charge in [0.1, 0.15) is 0 Å². The molecule has 0 N–H and O–H groups in total. The second-order valence-electron chi connectivity index (χ2n) is 5.93. The third-order valence-corrected chi connectivity index (χ3v) is 4.46. The first-order chi connectivity index (χ1) is 11.8. The predicted octanol–water partition coefficient (Wildman–Crippen LogP) is 2.20. The van der Waals surface area contributed by atoms with Crippen LogP contribution in [0.4, 0.5) is 11.6 Å². The molecule has 6 nitrogen and oxygen atoms in total. The van der Waals surface area contributed by atoms with E-state index >= 15 is 0 Å². The van der Waals surface area contributed by atoms with Crippen LogP contribution >= 0.6 is 0 Å². The highest BCUT2D eigenvalue weighted by Crippen LogP contribution is 2.22. The van der Waals surface area contributed by atoms with Gasteiger partial charge < -0.3 is 9.80 Å². The minimum atomic E-state index is 0.851. The van der Waals surface area contributed by atoms with Crippen molar-refractivity contribution in [3.63, 3.8) is 0 Å². The molecule has 1 aromatic carbocycles. The van der Waals surface area contributed by atoms with Crippen LogP contribution in [-0.2, 0) is 7.05 Å². The van der Waals surface area contributed by atoms with Crippen molar-refractivity contribution >= 4 is 11.6 Å². The Morgan fingerprint density at radius 1 is 0.833 bits per heavy atom. The van der Waals surface area contributed by atoms with E-state index in [0.717, 1.165) is 43.5 Å². The fraction of sp³-hybridized carbons (Fsp3) is 0.278. The van der Waals surface area contributed by atoms with E-state index in [9.17, 15) is 0 Å². The minimum absolute atomic E-state index is 0.851. The van der Waals surface area contributed by atoms with Gasteiger partial charge in [-0.1, -0.05) is 18.2 Å². The number of para-hydroxylation sites is 1. The molecule has 1 aliphatic heterocycles. The number of nitrogens with zero attached hydrogens (tertiary/aromatic N) is 6. The van der Waals surface area contributed by atoms with Gasteiger partial charge in [-0.2, -0.15) is 0 Å². The van der Waals surface area contributed by atoms with Gasteiger partial charge in [-0.05, 0) is 24.3 Å². The fourth-order valence-electron chi connectivity index (χ4n) is 3.15. The molecule has 2 aromatic heterocycles. The molecule has 1 saturated heterocycles. The number of anilines is 2. The van der Waals surface area contributed by atoms with E-state index in [1.54, 1.807) is 6.20 Å². The molecule has 0 atom stereocenters. The van der Waals surface area contributed by atoms with Crippen LogP contribution < -0.4 is 9.80 Å². The second-order valence-corrected chi connectivity index (χ2v) is 5.93. The third kappa shape index (κ3) is 2.71. The highest BCUT2D eigenvalue weighted by Gasteiger charge is 2.22. The maximum atomic E-state index is 4.41. The van der Waals surface area contributed by atoms with Crippen LogP contribution in [0, 0.1) is 0 Å². The molecular formula is C18H20N6. The summed E-state index contributed by atoms with van der Waals surface area (Å²) in [5.74, 6) is 1.77. The number of hydrogen-bond acceptors (Lipinski definition) is 5. The van der Waals surface area contributed by atoms with Crippen molar-refractivity contribution in [1.29, 1.82) is 0 Å². The summed E-state index contributed by atoms with van der Waals surface area (Å²) in [7, 11) is 2.02. The first kappa shape index (κ1) is 14.7. The van der Waals surface area contributed by atoms with Gasteiger partial charge in [0.25, 0.3) is 0 Å². The van der Waals surface area contributed by atoms with E-state index in [1.807, 2.05) is 25.4 Å². The van der Waals surface area contributed by atoms with Gasteiger partial charge in [0.05, 0.1) is 0 Å². The molecule has 3 heterocycles. The van der Waals surface area contributed by atoms with E-state index in [1.165, 1.54) is 5.69 Å². The van der Waals surface area contributed by atoms with E-state index in [0.29, 0.717) is 0 Å². The van der Waals surface area contributed by atoms with Crippen molar-refractivity contribution < 1.29 is 0 Å². The summed E-state index contributed by atoms with van der Waals surface area (Å²) in [6.45, 7) is 3.85. The van der Waals surface area contributed by atoms with Crippen molar-refractivity contribution in [2.75, 3.05) is 36.0 Å². The van der Waals surface area contributed by atoms with Gasteiger partial charge in [0.2, 0.25) is 5.95 Å². The number of hydrogen-bond donors (Lipinski definition) is 0. The van der Waals surface area contributed by atoms with Crippen LogP contribution in [0.2, 0.25) is 0 Å². The molecule has 0 saturated carbocycles.